The summed E-state index contributed by atoms with van der Waals surface area (Å²) in [7, 11) is 0. The van der Waals surface area contributed by atoms with Crippen molar-refractivity contribution in [2.75, 3.05) is 5.73 Å². The van der Waals surface area contributed by atoms with Crippen LogP contribution in [0.25, 0.3) is 0 Å². The molecule has 0 spiro atoms. The Bertz CT molecular complexity index is 668. The van der Waals surface area contributed by atoms with E-state index >= 15 is 0 Å². The van der Waals surface area contributed by atoms with Crippen LogP contribution in [0, 0.1) is 5.82 Å². The minimum Gasteiger partial charge on any atom is -0.396 e. The van der Waals surface area contributed by atoms with Gasteiger partial charge in [-0.25, -0.2) is 4.39 Å². The van der Waals surface area contributed by atoms with Gasteiger partial charge in [0.15, 0.2) is 0 Å². The number of halogens is 3. The zero-order valence-corrected chi connectivity index (χ0v) is 12.7. The van der Waals surface area contributed by atoms with Crippen molar-refractivity contribution in [1.29, 1.82) is 0 Å². The Morgan fingerprint density at radius 2 is 1.86 bits per heavy atom. The third-order valence-electron chi connectivity index (χ3n) is 3.04. The molecule has 0 fully saturated rings. The van der Waals surface area contributed by atoms with E-state index in [4.69, 9.17) is 28.9 Å². The van der Waals surface area contributed by atoms with Gasteiger partial charge in [-0.3, -0.25) is 4.79 Å². The molecular weight excluding hydrogens is 314 g/mol. The van der Waals surface area contributed by atoms with E-state index in [0.29, 0.717) is 11.1 Å². The fourth-order valence-corrected chi connectivity index (χ4v) is 2.34. The highest BCUT2D eigenvalue weighted by Gasteiger charge is 2.14. The van der Waals surface area contributed by atoms with Crippen LogP contribution in [-0.2, 0) is 0 Å². The first-order valence-electron chi connectivity index (χ1n) is 6.19. The van der Waals surface area contributed by atoms with Crippen molar-refractivity contribution >= 4 is 34.8 Å². The number of rotatable bonds is 3. The molecule has 6 heteroatoms. The Morgan fingerprint density at radius 3 is 2.43 bits per heavy atom. The molecule has 0 aliphatic heterocycles. The fraction of sp³-hybridized carbons (Fsp3) is 0.133. The van der Waals surface area contributed by atoms with Crippen molar-refractivity contribution in [3.63, 3.8) is 0 Å². The van der Waals surface area contributed by atoms with E-state index in [1.54, 1.807) is 19.1 Å². The first kappa shape index (κ1) is 15.6. The number of carbonyl (C=O) groups is 1. The summed E-state index contributed by atoms with van der Waals surface area (Å²) in [6, 6.07) is 8.56. The number of nitrogen functional groups attached to an aromatic ring is 1. The van der Waals surface area contributed by atoms with E-state index < -0.39 is 0 Å². The summed E-state index contributed by atoms with van der Waals surface area (Å²) in [5, 5.41) is 3.18. The Kier molecular flexibility index (Phi) is 4.70. The molecule has 0 heterocycles. The molecule has 0 saturated carbocycles. The molecule has 3 nitrogen and oxygen atoms in total. The zero-order valence-electron chi connectivity index (χ0n) is 11.2. The largest absolute Gasteiger partial charge is 0.396 e. The summed E-state index contributed by atoms with van der Waals surface area (Å²) >= 11 is 11.8. The molecule has 21 heavy (non-hydrogen) atoms. The van der Waals surface area contributed by atoms with E-state index in [1.165, 1.54) is 24.3 Å². The van der Waals surface area contributed by atoms with E-state index in [1.807, 2.05) is 0 Å². The van der Waals surface area contributed by atoms with Crippen LogP contribution < -0.4 is 11.1 Å². The lowest BCUT2D eigenvalue weighted by Crippen LogP contribution is -2.26. The van der Waals surface area contributed by atoms with Gasteiger partial charge in [-0.15, -0.1) is 0 Å². The molecule has 0 aliphatic rings. The predicted octanol–water partition coefficient (Wildman–Crippen LogP) is 4.21. The highest BCUT2D eigenvalue weighted by atomic mass is 35.5. The molecule has 0 radical (unpaired) electrons. The smallest absolute Gasteiger partial charge is 0.251 e. The lowest BCUT2D eigenvalue weighted by Gasteiger charge is -2.15. The molecule has 0 bridgehead atoms. The van der Waals surface area contributed by atoms with Gasteiger partial charge < -0.3 is 11.1 Å². The summed E-state index contributed by atoms with van der Waals surface area (Å²) in [5.74, 6) is -0.720. The third kappa shape index (κ3) is 3.65. The summed E-state index contributed by atoms with van der Waals surface area (Å²) in [5.41, 5.74) is 6.81. The van der Waals surface area contributed by atoms with Crippen LogP contribution in [0.15, 0.2) is 36.4 Å². The number of nitrogens with one attached hydrogen (secondary N) is 1. The number of hydrogen-bond donors (Lipinski definition) is 2. The Balaban J connectivity index is 2.18. The normalized spacial score (nSPS) is 12.0. The fourth-order valence-electron chi connectivity index (χ4n) is 1.85. The molecule has 0 saturated heterocycles. The first-order chi connectivity index (χ1) is 9.88. The zero-order chi connectivity index (χ0) is 15.6. The van der Waals surface area contributed by atoms with Gasteiger partial charge in [0.25, 0.3) is 5.91 Å². The minimum atomic E-state index is -0.365. The minimum absolute atomic E-state index is 0.214. The molecule has 2 aromatic carbocycles. The molecule has 1 amide bonds. The van der Waals surface area contributed by atoms with Gasteiger partial charge in [0, 0.05) is 5.56 Å². The number of anilines is 1. The quantitative estimate of drug-likeness (QED) is 0.830. The Hall–Kier alpha value is -1.78. The second-order valence-electron chi connectivity index (χ2n) is 4.60. The second kappa shape index (κ2) is 6.33. The third-order valence-corrected chi connectivity index (χ3v) is 3.66. The van der Waals surface area contributed by atoms with Gasteiger partial charge in [0.05, 0.1) is 21.8 Å². The maximum absolute atomic E-state index is 13.2. The average molecular weight is 327 g/mol. The molecule has 2 rings (SSSR count). The summed E-state index contributed by atoms with van der Waals surface area (Å²) in [4.78, 5) is 12.2. The summed E-state index contributed by atoms with van der Waals surface area (Å²) in [6.45, 7) is 1.76. The number of benzene rings is 2. The number of hydrogen-bond acceptors (Lipinski definition) is 2. The molecule has 1 atom stereocenters. The van der Waals surface area contributed by atoms with Crippen LogP contribution in [0.4, 0.5) is 10.1 Å². The average Bonchev–Trinajstić information content (AvgIpc) is 2.44. The molecule has 3 N–H and O–H groups in total. The first-order valence-corrected chi connectivity index (χ1v) is 6.95. The van der Waals surface area contributed by atoms with Crippen molar-refractivity contribution in [1.82, 2.24) is 5.32 Å². The van der Waals surface area contributed by atoms with Crippen LogP contribution in [0.2, 0.25) is 10.0 Å². The van der Waals surface area contributed by atoms with Gasteiger partial charge in [-0.1, -0.05) is 35.3 Å². The Labute approximate surface area is 131 Å². The van der Waals surface area contributed by atoms with Crippen LogP contribution in [-0.4, -0.2) is 5.91 Å². The van der Waals surface area contributed by atoms with Crippen molar-refractivity contribution in [3.05, 3.63) is 63.4 Å². The standard InChI is InChI=1S/C15H13Cl2FN2O/c1-8(9-3-2-4-11(18)5-9)20-15(21)10-6-12(16)14(19)13(17)7-10/h2-8H,19H2,1H3,(H,20,21). The van der Waals surface area contributed by atoms with Crippen LogP contribution >= 0.6 is 23.2 Å². The predicted molar refractivity (Wildman–Crippen MR) is 83.2 cm³/mol. The van der Waals surface area contributed by atoms with Gasteiger partial charge in [-0.05, 0) is 36.8 Å². The summed E-state index contributed by atoms with van der Waals surface area (Å²) < 4.78 is 13.2. The second-order valence-corrected chi connectivity index (χ2v) is 5.42. The molecule has 1 unspecified atom stereocenters. The van der Waals surface area contributed by atoms with Gasteiger partial charge >= 0.3 is 0 Å². The number of carbonyl (C=O) groups excluding carboxylic acids is 1. The topological polar surface area (TPSA) is 55.1 Å². The maximum Gasteiger partial charge on any atom is 0.251 e. The molecular formula is C15H13Cl2FN2O. The van der Waals surface area contributed by atoms with Crippen molar-refractivity contribution < 1.29 is 9.18 Å². The SMILES string of the molecule is CC(NC(=O)c1cc(Cl)c(N)c(Cl)c1)c1cccc(F)c1. The van der Waals surface area contributed by atoms with Crippen molar-refractivity contribution in [2.45, 2.75) is 13.0 Å². The van der Waals surface area contributed by atoms with E-state index in [9.17, 15) is 9.18 Å². The molecule has 0 aromatic heterocycles. The molecule has 0 aliphatic carbocycles. The van der Waals surface area contributed by atoms with Gasteiger partial charge in [0.1, 0.15) is 5.82 Å². The van der Waals surface area contributed by atoms with E-state index in [-0.39, 0.29) is 33.5 Å². The highest BCUT2D eigenvalue weighted by Crippen LogP contribution is 2.29. The van der Waals surface area contributed by atoms with Crippen LogP contribution in [0.3, 0.4) is 0 Å². The Morgan fingerprint density at radius 1 is 1.24 bits per heavy atom. The molecule has 110 valence electrons. The van der Waals surface area contributed by atoms with Crippen molar-refractivity contribution in [2.24, 2.45) is 0 Å². The van der Waals surface area contributed by atoms with E-state index in [2.05, 4.69) is 5.32 Å². The van der Waals surface area contributed by atoms with Crippen molar-refractivity contribution in [3.8, 4) is 0 Å². The monoisotopic (exact) mass is 326 g/mol. The van der Waals surface area contributed by atoms with E-state index in [0.717, 1.165) is 0 Å². The van der Waals surface area contributed by atoms with Gasteiger partial charge in [0.2, 0.25) is 0 Å². The highest BCUT2D eigenvalue weighted by molar-refractivity contribution is 6.39. The van der Waals surface area contributed by atoms with Crippen LogP contribution in [0.1, 0.15) is 28.9 Å². The molecule has 2 aromatic rings. The lowest BCUT2D eigenvalue weighted by molar-refractivity contribution is 0.0940. The van der Waals surface area contributed by atoms with Gasteiger partial charge in [-0.2, -0.15) is 0 Å². The number of amides is 1. The maximum atomic E-state index is 13.2. The van der Waals surface area contributed by atoms with Crippen LogP contribution in [0.5, 0.6) is 0 Å². The number of nitrogens with two attached hydrogens (primary N) is 1. The lowest BCUT2D eigenvalue weighted by atomic mass is 10.1. The summed E-state index contributed by atoms with van der Waals surface area (Å²) in [6.07, 6.45) is 0.